The second-order valence-corrected chi connectivity index (χ2v) is 7.47. The van der Waals surface area contributed by atoms with Gasteiger partial charge >= 0.3 is 0 Å². The molecule has 0 saturated heterocycles. The standard InChI is InChI=1S/C18H17N5O2S/c1-9(2)22-18(25)12-7-19-16-15(12)17(21-8-20-16)23-11-4-3-10-5-14(24)26-13(10)6-11/h3-4,6-9H,5H2,1-2H3,(H,22,25)(H2,19,20,21,23). The monoisotopic (exact) mass is 367 g/mol. The van der Waals surface area contributed by atoms with E-state index < -0.39 is 0 Å². The Labute approximate surface area is 154 Å². The third-order valence-electron chi connectivity index (χ3n) is 4.02. The van der Waals surface area contributed by atoms with E-state index in [1.165, 1.54) is 18.1 Å². The van der Waals surface area contributed by atoms with Crippen LogP contribution in [0.4, 0.5) is 11.5 Å². The first-order chi connectivity index (χ1) is 12.5. The minimum Gasteiger partial charge on any atom is -0.350 e. The van der Waals surface area contributed by atoms with E-state index in [1.54, 1.807) is 6.20 Å². The van der Waals surface area contributed by atoms with E-state index in [0.717, 1.165) is 16.1 Å². The highest BCUT2D eigenvalue weighted by molar-refractivity contribution is 8.14. The van der Waals surface area contributed by atoms with Gasteiger partial charge in [-0.05, 0) is 31.5 Å². The number of rotatable bonds is 4. The maximum absolute atomic E-state index is 12.5. The molecule has 3 N–H and O–H groups in total. The van der Waals surface area contributed by atoms with E-state index in [-0.39, 0.29) is 17.1 Å². The maximum atomic E-state index is 12.5. The van der Waals surface area contributed by atoms with Gasteiger partial charge in [0.2, 0.25) is 0 Å². The highest BCUT2D eigenvalue weighted by atomic mass is 32.2. The third kappa shape index (κ3) is 3.03. The molecule has 1 aliphatic heterocycles. The lowest BCUT2D eigenvalue weighted by molar-refractivity contribution is -0.110. The average Bonchev–Trinajstić information content (AvgIpc) is 3.17. The number of carbonyl (C=O) groups is 2. The van der Waals surface area contributed by atoms with E-state index in [4.69, 9.17) is 0 Å². The summed E-state index contributed by atoms with van der Waals surface area (Å²) in [6.45, 7) is 3.82. The fourth-order valence-corrected chi connectivity index (χ4v) is 3.83. The number of hydrogen-bond acceptors (Lipinski definition) is 6. The van der Waals surface area contributed by atoms with Crippen molar-refractivity contribution in [2.24, 2.45) is 0 Å². The molecule has 3 heterocycles. The molecule has 0 atom stereocenters. The Morgan fingerprint density at radius 3 is 2.96 bits per heavy atom. The van der Waals surface area contributed by atoms with Crippen LogP contribution in [-0.2, 0) is 11.2 Å². The lowest BCUT2D eigenvalue weighted by Gasteiger charge is -2.10. The Balaban J connectivity index is 1.71. The Bertz CT molecular complexity index is 1030. The molecular formula is C18H17N5O2S. The van der Waals surface area contributed by atoms with Gasteiger partial charge in [-0.25, -0.2) is 9.97 Å². The zero-order valence-electron chi connectivity index (χ0n) is 14.3. The average molecular weight is 367 g/mol. The number of nitrogens with one attached hydrogen (secondary N) is 3. The number of amides is 1. The zero-order chi connectivity index (χ0) is 18.3. The van der Waals surface area contributed by atoms with E-state index in [9.17, 15) is 9.59 Å². The molecule has 0 spiro atoms. The van der Waals surface area contributed by atoms with Gasteiger partial charge in [-0.2, -0.15) is 0 Å². The summed E-state index contributed by atoms with van der Waals surface area (Å²) < 4.78 is 0. The molecule has 132 valence electrons. The second kappa shape index (κ2) is 6.45. The minimum absolute atomic E-state index is 0.0276. The number of hydrogen-bond donors (Lipinski definition) is 3. The predicted molar refractivity (Wildman–Crippen MR) is 101 cm³/mol. The highest BCUT2D eigenvalue weighted by Gasteiger charge is 2.21. The fourth-order valence-electron chi connectivity index (χ4n) is 2.90. The molecule has 3 aromatic rings. The molecule has 0 aliphatic carbocycles. The summed E-state index contributed by atoms with van der Waals surface area (Å²) in [6.07, 6.45) is 3.55. The number of thioether (sulfide) groups is 1. The van der Waals surface area contributed by atoms with E-state index in [1.807, 2.05) is 32.0 Å². The molecule has 8 heteroatoms. The van der Waals surface area contributed by atoms with Crippen molar-refractivity contribution >= 4 is 45.3 Å². The molecule has 26 heavy (non-hydrogen) atoms. The van der Waals surface area contributed by atoms with Crippen LogP contribution in [0.3, 0.4) is 0 Å². The first kappa shape index (κ1) is 16.6. The van der Waals surface area contributed by atoms with Crippen LogP contribution in [0.15, 0.2) is 35.6 Å². The molecule has 7 nitrogen and oxygen atoms in total. The topological polar surface area (TPSA) is 99.8 Å². The van der Waals surface area contributed by atoms with Crippen molar-refractivity contribution in [2.75, 3.05) is 5.32 Å². The number of H-pyrrole nitrogens is 1. The highest BCUT2D eigenvalue weighted by Crippen LogP contribution is 2.35. The van der Waals surface area contributed by atoms with Crippen LogP contribution in [0, 0.1) is 0 Å². The molecule has 0 radical (unpaired) electrons. The quantitative estimate of drug-likeness (QED) is 0.655. The summed E-state index contributed by atoms with van der Waals surface area (Å²) in [5.41, 5.74) is 2.92. The molecule has 1 aromatic carbocycles. The molecule has 0 bridgehead atoms. The summed E-state index contributed by atoms with van der Waals surface area (Å²) in [5, 5.41) is 6.92. The first-order valence-electron chi connectivity index (χ1n) is 8.25. The molecule has 1 aliphatic rings. The largest absolute Gasteiger partial charge is 0.350 e. The molecular weight excluding hydrogens is 350 g/mol. The van der Waals surface area contributed by atoms with E-state index in [0.29, 0.717) is 28.8 Å². The third-order valence-corrected chi connectivity index (χ3v) is 4.99. The van der Waals surface area contributed by atoms with Gasteiger partial charge < -0.3 is 15.6 Å². The Morgan fingerprint density at radius 1 is 1.31 bits per heavy atom. The van der Waals surface area contributed by atoms with Gasteiger partial charge in [-0.1, -0.05) is 17.8 Å². The van der Waals surface area contributed by atoms with Gasteiger partial charge in [0.25, 0.3) is 5.91 Å². The molecule has 2 aromatic heterocycles. The first-order valence-corrected chi connectivity index (χ1v) is 9.06. The van der Waals surface area contributed by atoms with Gasteiger partial charge in [0.1, 0.15) is 17.8 Å². The van der Waals surface area contributed by atoms with Crippen molar-refractivity contribution in [1.82, 2.24) is 20.3 Å². The zero-order valence-corrected chi connectivity index (χ0v) is 15.1. The number of carbonyl (C=O) groups excluding carboxylic acids is 2. The van der Waals surface area contributed by atoms with Crippen LogP contribution in [-0.4, -0.2) is 32.0 Å². The van der Waals surface area contributed by atoms with Gasteiger partial charge in [-0.15, -0.1) is 0 Å². The van der Waals surface area contributed by atoms with Crippen LogP contribution >= 0.6 is 11.8 Å². The number of aromatic nitrogens is 3. The number of anilines is 2. The molecule has 0 fully saturated rings. The van der Waals surface area contributed by atoms with Crippen LogP contribution < -0.4 is 10.6 Å². The van der Waals surface area contributed by atoms with Crippen molar-refractivity contribution in [2.45, 2.75) is 31.2 Å². The SMILES string of the molecule is CC(C)NC(=O)c1c[nH]c2ncnc(Nc3ccc4c(c3)SC(=O)C4)c12. The summed E-state index contributed by atoms with van der Waals surface area (Å²) in [7, 11) is 0. The molecule has 0 unspecified atom stereocenters. The van der Waals surface area contributed by atoms with Gasteiger partial charge in [0.05, 0.1) is 10.9 Å². The Kier molecular flexibility index (Phi) is 4.12. The smallest absolute Gasteiger partial charge is 0.253 e. The maximum Gasteiger partial charge on any atom is 0.253 e. The van der Waals surface area contributed by atoms with Crippen molar-refractivity contribution in [3.05, 3.63) is 41.9 Å². The number of benzene rings is 1. The van der Waals surface area contributed by atoms with Crippen molar-refractivity contribution in [1.29, 1.82) is 0 Å². The molecule has 0 saturated carbocycles. The predicted octanol–water partition coefficient (Wildman–Crippen LogP) is 3.01. The van der Waals surface area contributed by atoms with Crippen molar-refractivity contribution in [3.63, 3.8) is 0 Å². The van der Waals surface area contributed by atoms with Crippen molar-refractivity contribution in [3.8, 4) is 0 Å². The van der Waals surface area contributed by atoms with Crippen LogP contribution in [0.1, 0.15) is 29.8 Å². The lowest BCUT2D eigenvalue weighted by atomic mass is 10.1. The summed E-state index contributed by atoms with van der Waals surface area (Å²) >= 11 is 1.25. The summed E-state index contributed by atoms with van der Waals surface area (Å²) in [5.74, 6) is 0.360. The Morgan fingerprint density at radius 2 is 2.15 bits per heavy atom. The van der Waals surface area contributed by atoms with Crippen LogP contribution in [0.25, 0.3) is 11.0 Å². The minimum atomic E-state index is -0.181. The van der Waals surface area contributed by atoms with Gasteiger partial charge in [0.15, 0.2) is 5.12 Å². The molecule has 1 amide bonds. The fraction of sp³-hybridized carbons (Fsp3) is 0.222. The van der Waals surface area contributed by atoms with E-state index >= 15 is 0 Å². The summed E-state index contributed by atoms with van der Waals surface area (Å²) in [4.78, 5) is 36.5. The van der Waals surface area contributed by atoms with Crippen LogP contribution in [0.2, 0.25) is 0 Å². The van der Waals surface area contributed by atoms with Crippen molar-refractivity contribution < 1.29 is 9.59 Å². The second-order valence-electron chi connectivity index (χ2n) is 6.37. The molecule has 4 rings (SSSR count). The number of aromatic amines is 1. The lowest BCUT2D eigenvalue weighted by Crippen LogP contribution is -2.29. The van der Waals surface area contributed by atoms with Crippen LogP contribution in [0.5, 0.6) is 0 Å². The number of fused-ring (bicyclic) bond motifs is 2. The van der Waals surface area contributed by atoms with Gasteiger partial charge in [-0.3, -0.25) is 9.59 Å². The normalized spacial score (nSPS) is 13.3. The number of nitrogens with zero attached hydrogens (tertiary/aromatic N) is 2. The van der Waals surface area contributed by atoms with Gasteiger partial charge in [0, 0.05) is 29.2 Å². The Hall–Kier alpha value is -2.87. The summed E-state index contributed by atoms with van der Waals surface area (Å²) in [6, 6.07) is 5.81. The van der Waals surface area contributed by atoms with E-state index in [2.05, 4.69) is 25.6 Å².